The van der Waals surface area contributed by atoms with E-state index in [0.29, 0.717) is 19.5 Å². The first kappa shape index (κ1) is 22.5. The highest BCUT2D eigenvalue weighted by Gasteiger charge is 2.44. The summed E-state index contributed by atoms with van der Waals surface area (Å²) in [5.74, 6) is -3.35. The minimum Gasteiger partial charge on any atom is -0.458 e. The lowest BCUT2D eigenvalue weighted by molar-refractivity contribution is -0.183. The van der Waals surface area contributed by atoms with Gasteiger partial charge in [-0.25, -0.2) is 9.59 Å². The fourth-order valence-corrected chi connectivity index (χ4v) is 3.13. The number of hydrogen-bond acceptors (Lipinski definition) is 8. The third-order valence-electron chi connectivity index (χ3n) is 5.15. The fraction of sp³-hybridized carbons (Fsp3) is 0.524. The van der Waals surface area contributed by atoms with Gasteiger partial charge in [-0.1, -0.05) is 31.7 Å². The van der Waals surface area contributed by atoms with E-state index in [1.165, 1.54) is 26.0 Å². The van der Waals surface area contributed by atoms with Crippen LogP contribution < -0.4 is 0 Å². The molecular formula is C21H27NO7. The van der Waals surface area contributed by atoms with E-state index in [-0.39, 0.29) is 17.8 Å². The molecule has 158 valence electrons. The zero-order chi connectivity index (χ0) is 21.8. The predicted molar refractivity (Wildman–Crippen MR) is 104 cm³/mol. The average molecular weight is 405 g/mol. The summed E-state index contributed by atoms with van der Waals surface area (Å²) in [6.07, 6.45) is 3.68. The second-order valence-electron chi connectivity index (χ2n) is 7.43. The summed E-state index contributed by atoms with van der Waals surface area (Å²) in [5.41, 5.74) is -1.40. The van der Waals surface area contributed by atoms with Crippen molar-refractivity contribution in [3.63, 3.8) is 0 Å². The second kappa shape index (κ2) is 9.17. The average Bonchev–Trinajstić information content (AvgIpc) is 2.65. The van der Waals surface area contributed by atoms with Gasteiger partial charge >= 0.3 is 17.9 Å². The Morgan fingerprint density at radius 2 is 2.07 bits per heavy atom. The number of hydrogen-bond donors (Lipinski definition) is 0. The van der Waals surface area contributed by atoms with Gasteiger partial charge in [0.15, 0.2) is 6.10 Å². The van der Waals surface area contributed by atoms with Gasteiger partial charge < -0.3 is 19.1 Å². The quantitative estimate of drug-likeness (QED) is 0.502. The van der Waals surface area contributed by atoms with E-state index in [9.17, 15) is 19.2 Å². The van der Waals surface area contributed by atoms with Gasteiger partial charge in [0.1, 0.15) is 6.61 Å². The molecule has 29 heavy (non-hydrogen) atoms. The van der Waals surface area contributed by atoms with Crippen LogP contribution in [-0.2, 0) is 33.4 Å². The summed E-state index contributed by atoms with van der Waals surface area (Å²) < 4.78 is 16.1. The van der Waals surface area contributed by atoms with E-state index in [1.807, 2.05) is 11.9 Å². The van der Waals surface area contributed by atoms with Gasteiger partial charge in [0, 0.05) is 37.9 Å². The molecule has 0 spiro atoms. The van der Waals surface area contributed by atoms with Gasteiger partial charge in [-0.3, -0.25) is 9.59 Å². The van der Waals surface area contributed by atoms with E-state index < -0.39 is 41.3 Å². The van der Waals surface area contributed by atoms with Crippen LogP contribution in [0, 0.1) is 5.92 Å². The van der Waals surface area contributed by atoms with Crippen molar-refractivity contribution in [2.75, 3.05) is 26.7 Å². The molecule has 0 saturated heterocycles. The highest BCUT2D eigenvalue weighted by atomic mass is 16.6. The number of ketones is 1. The maximum absolute atomic E-state index is 12.9. The number of Topliss-reactive ketones (excluding diaryl/α,β-unsaturated/α-hetero) is 1. The smallest absolute Gasteiger partial charge is 0.351 e. The lowest BCUT2D eigenvalue weighted by Gasteiger charge is -2.32. The second-order valence-corrected chi connectivity index (χ2v) is 7.43. The monoisotopic (exact) mass is 405 g/mol. The molecule has 8 nitrogen and oxygen atoms in total. The SMILES string of the molecule is C=C/C1=C\[C@@H](C)[C@](C)(OC(C)=O)C(=O)OC/C2=C/CN(C)CC[C@@H](OC1=O)C2=O. The molecule has 2 aliphatic rings. The maximum Gasteiger partial charge on any atom is 0.351 e. The molecule has 0 saturated carbocycles. The van der Waals surface area contributed by atoms with Crippen molar-refractivity contribution >= 4 is 23.7 Å². The van der Waals surface area contributed by atoms with Crippen LogP contribution in [0.3, 0.4) is 0 Å². The van der Waals surface area contributed by atoms with E-state index in [4.69, 9.17) is 14.2 Å². The summed E-state index contributed by atoms with van der Waals surface area (Å²) in [5, 5.41) is 0. The summed E-state index contributed by atoms with van der Waals surface area (Å²) in [6.45, 7) is 8.54. The van der Waals surface area contributed by atoms with E-state index in [0.717, 1.165) is 0 Å². The highest BCUT2D eigenvalue weighted by molar-refractivity contribution is 6.02. The minimum absolute atomic E-state index is 0.0676. The third kappa shape index (κ3) is 5.20. The molecule has 2 aliphatic heterocycles. The zero-order valence-corrected chi connectivity index (χ0v) is 17.2. The lowest BCUT2D eigenvalue weighted by atomic mass is 9.88. The minimum atomic E-state index is -1.69. The lowest BCUT2D eigenvalue weighted by Crippen LogP contribution is -2.47. The molecule has 0 unspecified atom stereocenters. The number of esters is 3. The zero-order valence-electron chi connectivity index (χ0n) is 17.2. The molecule has 0 amide bonds. The first-order valence-corrected chi connectivity index (χ1v) is 9.42. The van der Waals surface area contributed by atoms with Crippen LogP contribution >= 0.6 is 0 Å². The van der Waals surface area contributed by atoms with Crippen molar-refractivity contribution < 1.29 is 33.4 Å². The Balaban J connectivity index is 2.54. The molecule has 0 aromatic rings. The maximum atomic E-state index is 12.9. The van der Waals surface area contributed by atoms with Crippen molar-refractivity contribution in [2.24, 2.45) is 5.92 Å². The molecule has 0 aliphatic carbocycles. The number of carbonyl (C=O) groups excluding carboxylic acids is 4. The molecule has 2 bridgehead atoms. The Bertz CT molecular complexity index is 782. The number of rotatable bonds is 2. The first-order valence-electron chi connectivity index (χ1n) is 9.42. The summed E-state index contributed by atoms with van der Waals surface area (Å²) in [7, 11) is 1.87. The van der Waals surface area contributed by atoms with Crippen molar-refractivity contribution in [2.45, 2.75) is 38.9 Å². The Labute approximate surface area is 170 Å². The van der Waals surface area contributed by atoms with Crippen LogP contribution in [0.1, 0.15) is 27.2 Å². The fourth-order valence-electron chi connectivity index (χ4n) is 3.13. The van der Waals surface area contributed by atoms with Gasteiger partial charge in [0.25, 0.3) is 0 Å². The van der Waals surface area contributed by atoms with Gasteiger partial charge in [-0.2, -0.15) is 0 Å². The Morgan fingerprint density at radius 1 is 1.38 bits per heavy atom. The van der Waals surface area contributed by atoms with Crippen molar-refractivity contribution in [1.82, 2.24) is 4.90 Å². The number of ether oxygens (including phenoxy) is 3. The summed E-state index contributed by atoms with van der Waals surface area (Å²) >= 11 is 0. The number of fused-ring (bicyclic) bond motifs is 2. The molecule has 2 heterocycles. The van der Waals surface area contributed by atoms with Crippen LogP contribution in [0.2, 0.25) is 0 Å². The van der Waals surface area contributed by atoms with Crippen molar-refractivity contribution in [1.29, 1.82) is 0 Å². The molecule has 0 fully saturated rings. The Hall–Kier alpha value is -2.74. The number of likely N-dealkylation sites (N-methyl/N-ethyl adjacent to an activating group) is 1. The van der Waals surface area contributed by atoms with Crippen molar-refractivity contribution in [3.05, 3.63) is 36.0 Å². The van der Waals surface area contributed by atoms with Gasteiger partial charge in [-0.15, -0.1) is 0 Å². The topological polar surface area (TPSA) is 99.2 Å². The number of nitrogens with zero attached hydrogens (tertiary/aromatic N) is 1. The molecule has 3 atom stereocenters. The predicted octanol–water partition coefficient (Wildman–Crippen LogP) is 1.36. The van der Waals surface area contributed by atoms with E-state index >= 15 is 0 Å². The molecule has 8 heteroatoms. The van der Waals surface area contributed by atoms with Crippen LogP contribution in [-0.4, -0.2) is 67.0 Å². The molecule has 0 N–H and O–H groups in total. The number of cyclic esters (lactones) is 1. The molecule has 0 radical (unpaired) electrons. The van der Waals surface area contributed by atoms with Crippen LogP contribution in [0.25, 0.3) is 0 Å². The standard InChI is InChI=1S/C21H27NO7/c1-6-15-11-13(2)21(4,29-14(3)23)20(26)27-12-16-7-9-22(5)10-8-17(18(16)24)28-19(15)25/h6-7,11,13,17H,1,8-10,12H2,2-5H3/b15-11+,16-7-/t13-,17-,21+/m1/s1. The molecule has 0 aromatic heterocycles. The van der Waals surface area contributed by atoms with E-state index in [2.05, 4.69) is 6.58 Å². The molecule has 2 rings (SSSR count). The van der Waals surface area contributed by atoms with Crippen LogP contribution in [0.4, 0.5) is 0 Å². The van der Waals surface area contributed by atoms with Crippen molar-refractivity contribution in [3.8, 4) is 0 Å². The van der Waals surface area contributed by atoms with E-state index in [1.54, 1.807) is 13.0 Å². The molecular weight excluding hydrogens is 378 g/mol. The largest absolute Gasteiger partial charge is 0.458 e. The third-order valence-corrected chi connectivity index (χ3v) is 5.15. The van der Waals surface area contributed by atoms with Crippen LogP contribution in [0.15, 0.2) is 36.0 Å². The van der Waals surface area contributed by atoms with Gasteiger partial charge in [-0.05, 0) is 14.0 Å². The van der Waals surface area contributed by atoms with Gasteiger partial charge in [0.2, 0.25) is 11.4 Å². The Kier molecular flexibility index (Phi) is 7.13. The Morgan fingerprint density at radius 3 is 2.69 bits per heavy atom. The summed E-state index contributed by atoms with van der Waals surface area (Å²) in [4.78, 5) is 52.0. The summed E-state index contributed by atoms with van der Waals surface area (Å²) in [6, 6.07) is 0. The molecule has 0 aromatic carbocycles. The number of carbonyl (C=O) groups is 4. The van der Waals surface area contributed by atoms with Crippen LogP contribution in [0.5, 0.6) is 0 Å². The first-order chi connectivity index (χ1) is 13.6. The van der Waals surface area contributed by atoms with Gasteiger partial charge in [0.05, 0.1) is 5.57 Å². The normalized spacial score (nSPS) is 33.2. The highest BCUT2D eigenvalue weighted by Crippen LogP contribution is 2.28.